The van der Waals surface area contributed by atoms with Crippen LogP contribution in [-0.2, 0) is 4.79 Å². The summed E-state index contributed by atoms with van der Waals surface area (Å²) in [6.45, 7) is 1.38. The van der Waals surface area contributed by atoms with Gasteiger partial charge in [0.05, 0.1) is 23.9 Å². The van der Waals surface area contributed by atoms with Crippen LogP contribution in [0.5, 0.6) is 0 Å². The highest BCUT2D eigenvalue weighted by Gasteiger charge is 2.25. The first-order valence-electron chi connectivity index (χ1n) is 8.60. The van der Waals surface area contributed by atoms with E-state index >= 15 is 0 Å². The largest absolute Gasteiger partial charge is 0.444 e. The van der Waals surface area contributed by atoms with Gasteiger partial charge in [0.15, 0.2) is 0 Å². The zero-order valence-corrected chi connectivity index (χ0v) is 14.2. The number of nitrogens with one attached hydrogen (secondary N) is 2. The van der Waals surface area contributed by atoms with Gasteiger partial charge in [-0.1, -0.05) is 5.92 Å². The first kappa shape index (κ1) is 16.2. The summed E-state index contributed by atoms with van der Waals surface area (Å²) in [5.74, 6) is 2.95. The summed E-state index contributed by atoms with van der Waals surface area (Å²) in [5.41, 5.74) is 2.50. The number of fused-ring (bicyclic) bond motifs is 1. The SMILES string of the molecule is C#CCC(=O)N1CCC[C@@H](Nc2c(-c3ncco3)cnc3[nH]ccc23)C1. The summed E-state index contributed by atoms with van der Waals surface area (Å²) >= 11 is 0. The highest BCUT2D eigenvalue weighted by molar-refractivity contribution is 5.97. The first-order chi connectivity index (χ1) is 12.8. The topological polar surface area (TPSA) is 87.1 Å². The minimum atomic E-state index is 0.00782. The van der Waals surface area contributed by atoms with Gasteiger partial charge < -0.3 is 19.6 Å². The minimum Gasteiger partial charge on any atom is -0.444 e. The molecule has 0 radical (unpaired) electrons. The van der Waals surface area contributed by atoms with Gasteiger partial charge in [-0.2, -0.15) is 0 Å². The molecule has 2 N–H and O–H groups in total. The summed E-state index contributed by atoms with van der Waals surface area (Å²) in [6, 6.07) is 2.10. The molecule has 1 aliphatic heterocycles. The molecule has 7 nitrogen and oxygen atoms in total. The number of aromatic amines is 1. The molecule has 0 aliphatic carbocycles. The lowest BCUT2D eigenvalue weighted by Crippen LogP contribution is -2.45. The van der Waals surface area contributed by atoms with E-state index in [-0.39, 0.29) is 18.4 Å². The maximum Gasteiger partial charge on any atom is 0.234 e. The van der Waals surface area contributed by atoms with Crippen molar-refractivity contribution in [1.82, 2.24) is 19.9 Å². The molecule has 132 valence electrons. The van der Waals surface area contributed by atoms with Gasteiger partial charge >= 0.3 is 0 Å². The third kappa shape index (κ3) is 3.02. The summed E-state index contributed by atoms with van der Waals surface area (Å²) < 4.78 is 5.48. The van der Waals surface area contributed by atoms with Gasteiger partial charge in [-0.05, 0) is 18.9 Å². The Balaban J connectivity index is 1.64. The second kappa shape index (κ2) is 6.92. The van der Waals surface area contributed by atoms with Crippen molar-refractivity contribution in [2.45, 2.75) is 25.3 Å². The van der Waals surface area contributed by atoms with Crippen LogP contribution in [0.15, 0.2) is 35.3 Å². The molecular formula is C19H19N5O2. The van der Waals surface area contributed by atoms with E-state index in [1.807, 2.05) is 17.2 Å². The molecule has 4 rings (SSSR count). The van der Waals surface area contributed by atoms with E-state index in [0.29, 0.717) is 12.4 Å². The molecule has 26 heavy (non-hydrogen) atoms. The van der Waals surface area contributed by atoms with Gasteiger partial charge in [-0.25, -0.2) is 9.97 Å². The van der Waals surface area contributed by atoms with Crippen LogP contribution in [-0.4, -0.2) is 44.9 Å². The van der Waals surface area contributed by atoms with Crippen LogP contribution in [0.2, 0.25) is 0 Å². The predicted molar refractivity (Wildman–Crippen MR) is 98.3 cm³/mol. The van der Waals surface area contributed by atoms with Gasteiger partial charge in [-0.15, -0.1) is 6.42 Å². The zero-order valence-electron chi connectivity index (χ0n) is 14.2. The maximum atomic E-state index is 12.1. The van der Waals surface area contributed by atoms with Crippen LogP contribution in [0.1, 0.15) is 19.3 Å². The summed E-state index contributed by atoms with van der Waals surface area (Å²) in [6.07, 6.45) is 14.1. The average Bonchev–Trinajstić information content (AvgIpc) is 3.34. The van der Waals surface area contributed by atoms with Crippen LogP contribution < -0.4 is 5.32 Å². The van der Waals surface area contributed by atoms with E-state index in [2.05, 4.69) is 26.2 Å². The second-order valence-corrected chi connectivity index (χ2v) is 6.33. The van der Waals surface area contributed by atoms with Crippen LogP contribution in [0.3, 0.4) is 0 Å². The van der Waals surface area contributed by atoms with E-state index in [1.54, 1.807) is 18.7 Å². The lowest BCUT2D eigenvalue weighted by Gasteiger charge is -2.33. The van der Waals surface area contributed by atoms with Crippen molar-refractivity contribution >= 4 is 22.6 Å². The number of carbonyl (C=O) groups is 1. The molecule has 3 aromatic heterocycles. The molecular weight excluding hydrogens is 330 g/mol. The minimum absolute atomic E-state index is 0.00782. The van der Waals surface area contributed by atoms with Gasteiger partial charge in [-0.3, -0.25) is 4.79 Å². The van der Waals surface area contributed by atoms with Crippen molar-refractivity contribution in [3.05, 3.63) is 30.9 Å². The van der Waals surface area contributed by atoms with E-state index < -0.39 is 0 Å². The fraction of sp³-hybridized carbons (Fsp3) is 0.316. The van der Waals surface area contributed by atoms with Crippen molar-refractivity contribution in [3.8, 4) is 23.8 Å². The quantitative estimate of drug-likeness (QED) is 0.707. The number of rotatable bonds is 4. The van der Waals surface area contributed by atoms with Gasteiger partial charge in [0.2, 0.25) is 11.8 Å². The van der Waals surface area contributed by atoms with Gasteiger partial charge in [0, 0.05) is 36.9 Å². The zero-order chi connectivity index (χ0) is 17.9. The maximum absolute atomic E-state index is 12.1. The number of H-pyrrole nitrogens is 1. The van der Waals surface area contributed by atoms with Crippen LogP contribution in [0.25, 0.3) is 22.5 Å². The Labute approximate surface area is 150 Å². The number of hydrogen-bond acceptors (Lipinski definition) is 5. The summed E-state index contributed by atoms with van der Waals surface area (Å²) in [4.78, 5) is 25.8. The van der Waals surface area contributed by atoms with E-state index in [4.69, 9.17) is 10.8 Å². The van der Waals surface area contributed by atoms with Crippen LogP contribution >= 0.6 is 0 Å². The molecule has 0 saturated carbocycles. The van der Waals surface area contributed by atoms with E-state index in [1.165, 1.54) is 0 Å². The lowest BCUT2D eigenvalue weighted by molar-refractivity contribution is -0.131. The average molecular weight is 349 g/mol. The molecule has 1 atom stereocenters. The highest BCUT2D eigenvalue weighted by Crippen LogP contribution is 2.33. The van der Waals surface area contributed by atoms with Crippen molar-refractivity contribution in [2.75, 3.05) is 18.4 Å². The van der Waals surface area contributed by atoms with Crippen molar-refractivity contribution in [1.29, 1.82) is 0 Å². The number of terminal acetylenes is 1. The number of nitrogens with zero attached hydrogens (tertiary/aromatic N) is 3. The number of amides is 1. The van der Waals surface area contributed by atoms with Crippen molar-refractivity contribution in [2.24, 2.45) is 0 Å². The fourth-order valence-electron chi connectivity index (χ4n) is 3.41. The molecule has 4 heterocycles. The van der Waals surface area contributed by atoms with Crippen LogP contribution in [0.4, 0.5) is 5.69 Å². The van der Waals surface area contributed by atoms with Crippen molar-refractivity contribution in [3.63, 3.8) is 0 Å². The number of piperidine rings is 1. The van der Waals surface area contributed by atoms with Gasteiger partial charge in [0.25, 0.3) is 0 Å². The van der Waals surface area contributed by atoms with Crippen molar-refractivity contribution < 1.29 is 9.21 Å². The number of carbonyl (C=O) groups excluding carboxylic acids is 1. The number of oxazole rings is 1. The highest BCUT2D eigenvalue weighted by atomic mass is 16.3. The predicted octanol–water partition coefficient (Wildman–Crippen LogP) is 2.64. The number of hydrogen-bond donors (Lipinski definition) is 2. The number of likely N-dealkylation sites (tertiary alicyclic amines) is 1. The molecule has 7 heteroatoms. The Morgan fingerprint density at radius 1 is 1.50 bits per heavy atom. The summed E-state index contributed by atoms with van der Waals surface area (Å²) in [5, 5.41) is 4.55. The number of anilines is 1. The third-order valence-electron chi connectivity index (χ3n) is 4.63. The van der Waals surface area contributed by atoms with E-state index in [9.17, 15) is 4.79 Å². The molecule has 0 unspecified atom stereocenters. The lowest BCUT2D eigenvalue weighted by atomic mass is 10.0. The Hall–Kier alpha value is -3.27. The smallest absolute Gasteiger partial charge is 0.234 e. The van der Waals surface area contributed by atoms with Crippen LogP contribution in [0, 0.1) is 12.3 Å². The third-order valence-corrected chi connectivity index (χ3v) is 4.63. The Morgan fingerprint density at radius 3 is 3.23 bits per heavy atom. The molecule has 3 aromatic rings. The molecule has 1 amide bonds. The standard InChI is InChI=1S/C19H19N5O2/c1-2-4-16(25)24-9-3-5-13(12-24)23-17-14-6-7-20-18(14)22-11-15(17)19-21-8-10-26-19/h1,6-8,10-11,13H,3-5,9,12H2,(H2,20,22,23)/t13-/m1/s1. The van der Waals surface area contributed by atoms with Gasteiger partial charge in [0.1, 0.15) is 11.9 Å². The van der Waals surface area contributed by atoms with E-state index in [0.717, 1.165) is 41.7 Å². The normalized spacial score (nSPS) is 17.2. The molecule has 1 fully saturated rings. The monoisotopic (exact) mass is 349 g/mol. The number of pyridine rings is 1. The second-order valence-electron chi connectivity index (χ2n) is 6.33. The number of aromatic nitrogens is 3. The Kier molecular flexibility index (Phi) is 4.32. The molecule has 0 spiro atoms. The molecule has 0 aromatic carbocycles. The molecule has 0 bridgehead atoms. The fourth-order valence-corrected chi connectivity index (χ4v) is 3.41. The molecule has 1 saturated heterocycles. The Bertz CT molecular complexity index is 954. The Morgan fingerprint density at radius 2 is 2.42 bits per heavy atom. The first-order valence-corrected chi connectivity index (χ1v) is 8.60. The summed E-state index contributed by atoms with van der Waals surface area (Å²) in [7, 11) is 0. The molecule has 1 aliphatic rings.